The predicted molar refractivity (Wildman–Crippen MR) is 82.3 cm³/mol. The van der Waals surface area contributed by atoms with Crippen LogP contribution in [-0.4, -0.2) is 9.71 Å². The first-order chi connectivity index (χ1) is 9.45. The summed E-state index contributed by atoms with van der Waals surface area (Å²) in [6.45, 7) is 0. The van der Waals surface area contributed by atoms with Gasteiger partial charge in [0.15, 0.2) is 0 Å². The van der Waals surface area contributed by atoms with Crippen LogP contribution < -0.4 is 0 Å². The second kappa shape index (κ2) is 3.10. The third-order valence-electron chi connectivity index (χ3n) is 7.92. The van der Waals surface area contributed by atoms with Crippen LogP contribution in [0.25, 0.3) is 0 Å². The maximum Gasteiger partial charge on any atom is 0.125 e. The number of hydrogen-bond donors (Lipinski definition) is 0. The lowest BCUT2D eigenvalue weighted by Gasteiger charge is -2.36. The molecule has 2 spiro atoms. The van der Waals surface area contributed by atoms with Crippen LogP contribution in [0.1, 0.15) is 25.7 Å². The molecule has 108 valence electrons. The van der Waals surface area contributed by atoms with Crippen LogP contribution in [0.2, 0.25) is 0 Å². The molecule has 0 nitrogen and oxygen atoms in total. The molecule has 6 aliphatic carbocycles. The van der Waals surface area contributed by atoms with Gasteiger partial charge in [0.2, 0.25) is 0 Å². The fourth-order valence-electron chi connectivity index (χ4n) is 7.18. The summed E-state index contributed by atoms with van der Waals surface area (Å²) in [6.07, 6.45) is 7.61. The molecule has 5 fully saturated rings. The van der Waals surface area contributed by atoms with E-state index in [2.05, 4.69) is 6.08 Å². The Hall–Kier alpha value is 0.900. The molecule has 0 aromatic carbocycles. The van der Waals surface area contributed by atoms with Crippen LogP contribution in [0.4, 0.5) is 0 Å². The van der Waals surface area contributed by atoms with Gasteiger partial charge in [-0.15, -0.1) is 34.8 Å². The monoisotopic (exact) mass is 348 g/mol. The highest BCUT2D eigenvalue weighted by molar-refractivity contribution is 6.51. The number of allylic oxidation sites excluding steroid dienone is 2. The van der Waals surface area contributed by atoms with E-state index < -0.39 is 4.33 Å². The molecule has 20 heavy (non-hydrogen) atoms. The molecule has 0 saturated heterocycles. The molecule has 4 heteroatoms. The van der Waals surface area contributed by atoms with Gasteiger partial charge < -0.3 is 0 Å². The molecule has 0 aromatic rings. The van der Waals surface area contributed by atoms with E-state index >= 15 is 0 Å². The normalized spacial score (nSPS) is 60.2. The lowest BCUT2D eigenvalue weighted by atomic mass is 9.72. The van der Waals surface area contributed by atoms with E-state index in [4.69, 9.17) is 46.4 Å². The molecule has 0 heterocycles. The van der Waals surface area contributed by atoms with Gasteiger partial charge in [-0.05, 0) is 60.2 Å². The minimum atomic E-state index is -0.451. The summed E-state index contributed by atoms with van der Waals surface area (Å²) >= 11 is 26.6. The van der Waals surface area contributed by atoms with E-state index in [1.807, 2.05) is 0 Å². The zero-order valence-corrected chi connectivity index (χ0v) is 14.0. The van der Waals surface area contributed by atoms with Crippen molar-refractivity contribution in [1.82, 2.24) is 0 Å². The van der Waals surface area contributed by atoms with Crippen molar-refractivity contribution in [3.8, 4) is 0 Å². The topological polar surface area (TPSA) is 0 Å². The van der Waals surface area contributed by atoms with Gasteiger partial charge in [-0.1, -0.05) is 17.7 Å². The van der Waals surface area contributed by atoms with Crippen molar-refractivity contribution >= 4 is 46.4 Å². The van der Waals surface area contributed by atoms with Gasteiger partial charge in [-0.2, -0.15) is 0 Å². The molecule has 6 aliphatic rings. The first kappa shape index (κ1) is 12.3. The molecular weight excluding hydrogens is 334 g/mol. The number of alkyl halides is 3. The van der Waals surface area contributed by atoms with Crippen molar-refractivity contribution < 1.29 is 0 Å². The summed E-state index contributed by atoms with van der Waals surface area (Å²) in [7, 11) is 0. The van der Waals surface area contributed by atoms with E-state index in [9.17, 15) is 0 Å². The predicted octanol–water partition coefficient (Wildman–Crippen LogP) is 5.20. The Kier molecular flexibility index (Phi) is 1.91. The molecule has 7 atom stereocenters. The van der Waals surface area contributed by atoms with Crippen LogP contribution in [0.5, 0.6) is 0 Å². The van der Waals surface area contributed by atoms with E-state index in [0.29, 0.717) is 40.4 Å². The van der Waals surface area contributed by atoms with Crippen LogP contribution in [0.15, 0.2) is 11.1 Å². The number of fused-ring (bicyclic) bond motifs is 7. The van der Waals surface area contributed by atoms with Crippen molar-refractivity contribution in [1.29, 1.82) is 0 Å². The van der Waals surface area contributed by atoms with Gasteiger partial charge in [-0.3, -0.25) is 0 Å². The molecule has 0 aliphatic heterocycles. The van der Waals surface area contributed by atoms with Gasteiger partial charge >= 0.3 is 0 Å². The van der Waals surface area contributed by atoms with Gasteiger partial charge in [0.1, 0.15) is 4.33 Å². The Morgan fingerprint density at radius 1 is 0.950 bits per heavy atom. The summed E-state index contributed by atoms with van der Waals surface area (Å²) in [5.41, 5.74) is 0.892. The first-order valence-electron chi connectivity index (χ1n) is 7.84. The van der Waals surface area contributed by atoms with E-state index in [1.54, 1.807) is 0 Å². The van der Waals surface area contributed by atoms with Crippen molar-refractivity contribution in [2.75, 3.05) is 0 Å². The van der Waals surface area contributed by atoms with Gasteiger partial charge in [0.05, 0.1) is 5.38 Å². The number of rotatable bonds is 0. The van der Waals surface area contributed by atoms with Crippen molar-refractivity contribution in [3.63, 3.8) is 0 Å². The number of halogens is 4. The smallest absolute Gasteiger partial charge is 0.117 e. The quantitative estimate of drug-likeness (QED) is 0.527. The second-order valence-electron chi connectivity index (χ2n) is 8.25. The lowest BCUT2D eigenvalue weighted by molar-refractivity contribution is 0.182. The molecule has 0 N–H and O–H groups in total. The summed E-state index contributed by atoms with van der Waals surface area (Å²) in [4.78, 5) is 0. The zero-order chi connectivity index (χ0) is 13.7. The van der Waals surface area contributed by atoms with Crippen LogP contribution >= 0.6 is 46.4 Å². The van der Waals surface area contributed by atoms with Gasteiger partial charge in [0.25, 0.3) is 0 Å². The van der Waals surface area contributed by atoms with Crippen LogP contribution in [0.3, 0.4) is 0 Å². The van der Waals surface area contributed by atoms with E-state index in [1.165, 1.54) is 25.7 Å². The summed E-state index contributed by atoms with van der Waals surface area (Å²) in [5, 5.41) is 0.941. The number of hydrogen-bond acceptors (Lipinski definition) is 0. The zero-order valence-electron chi connectivity index (χ0n) is 11.0. The van der Waals surface area contributed by atoms with Crippen LogP contribution in [-0.2, 0) is 0 Å². The maximum absolute atomic E-state index is 6.77. The van der Waals surface area contributed by atoms with Crippen LogP contribution in [0, 0.1) is 46.3 Å². The minimum Gasteiger partial charge on any atom is -0.117 e. The highest BCUT2D eigenvalue weighted by Crippen LogP contribution is 2.92. The van der Waals surface area contributed by atoms with Crippen molar-refractivity contribution in [2.45, 2.75) is 35.4 Å². The van der Waals surface area contributed by atoms with Crippen molar-refractivity contribution in [2.24, 2.45) is 46.3 Å². The summed E-state index contributed by atoms with van der Waals surface area (Å²) < 4.78 is -0.451. The maximum atomic E-state index is 6.77. The minimum absolute atomic E-state index is 0.0421. The fourth-order valence-corrected chi connectivity index (χ4v) is 9.05. The molecule has 0 radical (unpaired) electrons. The highest BCUT2D eigenvalue weighted by Gasteiger charge is 2.90. The van der Waals surface area contributed by atoms with Gasteiger partial charge in [0, 0.05) is 16.9 Å². The Morgan fingerprint density at radius 3 is 2.20 bits per heavy atom. The standard InChI is InChI=1S/C16H16Cl4/c17-7-5-6-8-9(11(12(7)18)14(6)1-2-14)15(3-4-15)13-10(8)16(13,19)20/h5-6,8-13H,1-4H2/t6-,8-,9-,10+,11-,12-,13-/m0/s1. The average Bonchev–Trinajstić information content (AvgIpc) is 3.23. The Balaban J connectivity index is 1.56. The van der Waals surface area contributed by atoms with E-state index in [-0.39, 0.29) is 5.38 Å². The average molecular weight is 350 g/mol. The molecule has 6 rings (SSSR count). The largest absolute Gasteiger partial charge is 0.125 e. The van der Waals surface area contributed by atoms with Crippen molar-refractivity contribution in [3.05, 3.63) is 11.1 Å². The molecular formula is C16H16Cl4. The first-order valence-corrected chi connectivity index (χ1v) is 9.41. The summed E-state index contributed by atoms with van der Waals surface area (Å²) in [5.74, 6) is 3.65. The Labute approximate surface area is 139 Å². The lowest BCUT2D eigenvalue weighted by Crippen LogP contribution is -2.35. The Morgan fingerprint density at radius 2 is 1.60 bits per heavy atom. The third-order valence-corrected chi connectivity index (χ3v) is 9.88. The highest BCUT2D eigenvalue weighted by atomic mass is 35.5. The third kappa shape index (κ3) is 1.02. The molecule has 0 amide bonds. The molecule has 2 bridgehead atoms. The molecule has 0 aromatic heterocycles. The summed E-state index contributed by atoms with van der Waals surface area (Å²) in [6, 6.07) is 0. The molecule has 0 unspecified atom stereocenters. The SMILES string of the molecule is ClC1=C[C@H]2[C@@H]3[C@@H]4[C@H](C4(Cl)Cl)C4(CC4)[C@@H]3[C@@H]([C@H]1Cl)C21CC1. The Bertz CT molecular complexity index is 571. The second-order valence-corrected chi connectivity index (χ2v) is 10.6. The van der Waals surface area contributed by atoms with Gasteiger partial charge in [-0.25, -0.2) is 0 Å². The molecule has 5 saturated carbocycles. The fraction of sp³-hybridized carbons (Fsp3) is 0.875. The van der Waals surface area contributed by atoms with E-state index in [0.717, 1.165) is 11.0 Å².